The van der Waals surface area contributed by atoms with Gasteiger partial charge in [0.15, 0.2) is 0 Å². The number of carbonyl (C=O) groups excluding carboxylic acids is 2. The van der Waals surface area contributed by atoms with E-state index in [1.807, 2.05) is 57.7 Å². The Balaban J connectivity index is 1.02. The predicted octanol–water partition coefficient (Wildman–Crippen LogP) is 4.31. The number of amides is 2. The zero-order chi connectivity index (χ0) is 33.5. The first-order valence-electron chi connectivity index (χ1n) is 18.0. The van der Waals surface area contributed by atoms with Gasteiger partial charge in [-0.15, -0.1) is 0 Å². The van der Waals surface area contributed by atoms with Crippen LogP contribution in [0.5, 0.6) is 0 Å². The average Bonchev–Trinajstić information content (AvgIpc) is 3.52. The molecule has 4 saturated heterocycles. The van der Waals surface area contributed by atoms with Crippen molar-refractivity contribution < 1.29 is 9.59 Å². The van der Waals surface area contributed by atoms with E-state index in [4.69, 9.17) is 17.3 Å². The van der Waals surface area contributed by atoms with E-state index in [-0.39, 0.29) is 30.0 Å². The van der Waals surface area contributed by atoms with Crippen LogP contribution in [0.25, 0.3) is 11.0 Å². The van der Waals surface area contributed by atoms with Gasteiger partial charge in [0, 0.05) is 69.9 Å². The molecule has 10 nitrogen and oxygen atoms in total. The van der Waals surface area contributed by atoms with Crippen LogP contribution in [0, 0.1) is 5.92 Å². The fraction of sp³-hybridized carbons (Fsp3) is 0.595. The number of piperazine rings is 1. The first-order chi connectivity index (χ1) is 23.2. The maximum atomic E-state index is 14.3. The fourth-order valence-corrected chi connectivity index (χ4v) is 9.34. The third kappa shape index (κ3) is 6.51. The maximum Gasteiger partial charge on any atom is 0.326 e. The van der Waals surface area contributed by atoms with Gasteiger partial charge in [0.2, 0.25) is 11.8 Å². The van der Waals surface area contributed by atoms with Gasteiger partial charge in [0.25, 0.3) is 0 Å². The third-order valence-corrected chi connectivity index (χ3v) is 12.2. The molecule has 2 amide bonds. The number of carbonyl (C=O) groups is 2. The van der Waals surface area contributed by atoms with E-state index < -0.39 is 5.92 Å². The molecule has 2 bridgehead atoms. The minimum absolute atomic E-state index is 0.00392. The molecular formula is C37H50ClN7O3. The standard InChI is InChI=1S/C37H50ClN7O3/c1-3-25-18-24(20-31(38)35(25)39)19-26(36(47)44-16-14-42(15-17-44)30-22-28-8-9-29(23-30)41(28)2)21-34(46)43-12-10-27(11-13-43)45-33-7-5-4-6-32(33)40-37(45)48/h4-7,18,20,26-30H,3,8-17,19,21-23,39H2,1-2H3,(H,40,48)/t26-,28?,29?,30?/m0/s1. The van der Waals surface area contributed by atoms with Gasteiger partial charge in [0.05, 0.1) is 27.7 Å². The Labute approximate surface area is 288 Å². The number of H-pyrrole nitrogens is 1. The number of para-hydroxylation sites is 2. The number of nitrogen functional groups attached to an aromatic ring is 1. The molecule has 4 fully saturated rings. The van der Waals surface area contributed by atoms with Crippen molar-refractivity contribution in [2.75, 3.05) is 52.0 Å². The van der Waals surface area contributed by atoms with Crippen LogP contribution in [-0.2, 0) is 22.4 Å². The van der Waals surface area contributed by atoms with Crippen LogP contribution >= 0.6 is 11.6 Å². The minimum Gasteiger partial charge on any atom is -0.397 e. The molecule has 0 radical (unpaired) electrons. The first kappa shape index (κ1) is 33.2. The van der Waals surface area contributed by atoms with E-state index in [1.54, 1.807) is 0 Å². The van der Waals surface area contributed by atoms with Gasteiger partial charge >= 0.3 is 5.69 Å². The first-order valence-corrected chi connectivity index (χ1v) is 18.4. The number of fused-ring (bicyclic) bond motifs is 3. The highest BCUT2D eigenvalue weighted by Gasteiger charge is 2.41. The lowest BCUT2D eigenvalue weighted by Gasteiger charge is -2.45. The van der Waals surface area contributed by atoms with Gasteiger partial charge < -0.3 is 25.4 Å². The SMILES string of the molecule is CCc1cc(C[C@@H](CC(=O)N2CCC(n3c(=O)[nH]c4ccccc43)CC2)C(=O)N2CCN(C3CC4CCC(C3)N4C)CC2)cc(Cl)c1N. The van der Waals surface area contributed by atoms with Crippen LogP contribution < -0.4 is 11.4 Å². The number of hydrogen-bond donors (Lipinski definition) is 2. The van der Waals surface area contributed by atoms with Crippen LogP contribution in [0.3, 0.4) is 0 Å². The number of imidazole rings is 1. The largest absolute Gasteiger partial charge is 0.397 e. The topological polar surface area (TPSA) is 111 Å². The number of nitrogens with zero attached hydrogens (tertiary/aromatic N) is 5. The van der Waals surface area contributed by atoms with Crippen LogP contribution in [0.2, 0.25) is 5.02 Å². The predicted molar refractivity (Wildman–Crippen MR) is 190 cm³/mol. The number of rotatable bonds is 8. The zero-order valence-corrected chi connectivity index (χ0v) is 29.1. The molecule has 258 valence electrons. The van der Waals surface area contributed by atoms with E-state index in [0.717, 1.165) is 41.7 Å². The van der Waals surface area contributed by atoms with E-state index in [2.05, 4.69) is 21.8 Å². The number of nitrogens with two attached hydrogens (primary N) is 1. The monoisotopic (exact) mass is 675 g/mol. The number of halogens is 1. The van der Waals surface area contributed by atoms with Crippen LogP contribution in [0.4, 0.5) is 5.69 Å². The van der Waals surface area contributed by atoms with Crippen molar-refractivity contribution in [3.63, 3.8) is 0 Å². The molecule has 2 aromatic carbocycles. The second kappa shape index (κ2) is 13.9. The highest BCUT2D eigenvalue weighted by Crippen LogP contribution is 2.37. The molecule has 0 saturated carbocycles. The highest BCUT2D eigenvalue weighted by atomic mass is 35.5. The van der Waals surface area contributed by atoms with E-state index >= 15 is 0 Å². The third-order valence-electron chi connectivity index (χ3n) is 11.9. The summed E-state index contributed by atoms with van der Waals surface area (Å²) in [5.74, 6) is -0.435. The maximum absolute atomic E-state index is 14.3. The van der Waals surface area contributed by atoms with Gasteiger partial charge in [-0.2, -0.15) is 0 Å². The Kier molecular flexibility index (Phi) is 9.59. The van der Waals surface area contributed by atoms with E-state index in [1.165, 1.54) is 25.7 Å². The number of aryl methyl sites for hydroxylation is 1. The number of aromatic amines is 1. The number of likely N-dealkylation sites (tertiary alicyclic amines) is 1. The van der Waals surface area contributed by atoms with Crippen molar-refractivity contribution in [2.45, 2.75) is 88.9 Å². The van der Waals surface area contributed by atoms with E-state index in [0.29, 0.717) is 74.3 Å². The van der Waals surface area contributed by atoms with Crippen molar-refractivity contribution in [2.24, 2.45) is 5.92 Å². The Morgan fingerprint density at radius 2 is 1.60 bits per heavy atom. The smallest absolute Gasteiger partial charge is 0.326 e. The Morgan fingerprint density at radius 1 is 0.917 bits per heavy atom. The molecule has 11 heteroatoms. The van der Waals surface area contributed by atoms with E-state index in [9.17, 15) is 14.4 Å². The van der Waals surface area contributed by atoms with Gasteiger partial charge in [-0.1, -0.05) is 36.7 Å². The Morgan fingerprint density at radius 3 is 2.29 bits per heavy atom. The zero-order valence-electron chi connectivity index (χ0n) is 28.4. The highest BCUT2D eigenvalue weighted by molar-refractivity contribution is 6.33. The summed E-state index contributed by atoms with van der Waals surface area (Å²) in [7, 11) is 2.28. The van der Waals surface area contributed by atoms with Crippen molar-refractivity contribution in [1.29, 1.82) is 0 Å². The number of hydrogen-bond acceptors (Lipinski definition) is 6. The number of piperidine rings is 2. The lowest BCUT2D eigenvalue weighted by Crippen LogP contribution is -2.56. The summed E-state index contributed by atoms with van der Waals surface area (Å²) in [5.41, 5.74) is 10.3. The molecule has 1 aromatic heterocycles. The van der Waals surface area contributed by atoms with Crippen LogP contribution in [0.15, 0.2) is 41.2 Å². The molecule has 0 aliphatic carbocycles. The molecule has 4 aliphatic heterocycles. The summed E-state index contributed by atoms with van der Waals surface area (Å²) in [6.07, 6.45) is 7.78. The lowest BCUT2D eigenvalue weighted by molar-refractivity contribution is -0.143. The average molecular weight is 676 g/mol. The number of anilines is 1. The molecule has 2 unspecified atom stereocenters. The molecule has 3 aromatic rings. The summed E-state index contributed by atoms with van der Waals surface area (Å²) in [4.78, 5) is 53.0. The van der Waals surface area contributed by atoms with Gasteiger partial charge in [0.1, 0.15) is 0 Å². The van der Waals surface area contributed by atoms with Crippen molar-refractivity contribution >= 4 is 40.1 Å². The summed E-state index contributed by atoms with van der Waals surface area (Å²) in [6.45, 7) is 6.31. The Bertz CT molecular complexity index is 1690. The van der Waals surface area contributed by atoms with Gasteiger partial charge in [-0.25, -0.2) is 4.79 Å². The fourth-order valence-electron chi connectivity index (χ4n) is 9.08. The van der Waals surface area contributed by atoms with Gasteiger partial charge in [-0.3, -0.25) is 19.1 Å². The van der Waals surface area contributed by atoms with Crippen LogP contribution in [-0.4, -0.2) is 105 Å². The lowest BCUT2D eigenvalue weighted by atomic mass is 9.91. The molecule has 3 N–H and O–H groups in total. The Hall–Kier alpha value is -3.34. The molecule has 7 rings (SSSR count). The second-order valence-corrected chi connectivity index (χ2v) is 15.0. The molecule has 3 atom stereocenters. The van der Waals surface area contributed by atoms with Crippen molar-refractivity contribution in [1.82, 2.24) is 29.2 Å². The summed E-state index contributed by atoms with van der Waals surface area (Å²) in [5, 5.41) is 0.497. The summed E-state index contributed by atoms with van der Waals surface area (Å²) in [6, 6.07) is 13.6. The van der Waals surface area contributed by atoms with Crippen molar-refractivity contribution in [3.05, 3.63) is 63.0 Å². The number of benzene rings is 2. The molecule has 0 spiro atoms. The molecule has 48 heavy (non-hydrogen) atoms. The minimum atomic E-state index is -0.485. The molecule has 4 aliphatic rings. The normalized spacial score (nSPS) is 24.8. The quantitative estimate of drug-likeness (QED) is 0.345. The number of aromatic nitrogens is 2. The second-order valence-electron chi connectivity index (χ2n) is 14.6. The molecular weight excluding hydrogens is 626 g/mol. The summed E-state index contributed by atoms with van der Waals surface area (Å²) < 4.78 is 1.84. The van der Waals surface area contributed by atoms with Crippen LogP contribution in [0.1, 0.15) is 69.0 Å². The number of nitrogens with one attached hydrogen (secondary N) is 1. The van der Waals surface area contributed by atoms with Gasteiger partial charge in [-0.05, 0) is 87.7 Å². The summed E-state index contributed by atoms with van der Waals surface area (Å²) >= 11 is 6.53. The molecule has 5 heterocycles. The van der Waals surface area contributed by atoms with Crippen molar-refractivity contribution in [3.8, 4) is 0 Å².